The number of carbonyl (C=O) groups is 1. The van der Waals surface area contributed by atoms with Crippen LogP contribution in [0.4, 0.5) is 0 Å². The molecule has 4 heteroatoms. The number of halogens is 1. The molecule has 1 unspecified atom stereocenters. The van der Waals surface area contributed by atoms with Crippen LogP contribution in [0.1, 0.15) is 36.5 Å². The van der Waals surface area contributed by atoms with Gasteiger partial charge in [-0.2, -0.15) is 0 Å². The summed E-state index contributed by atoms with van der Waals surface area (Å²) in [6, 6.07) is 9.35. The van der Waals surface area contributed by atoms with Gasteiger partial charge in [0.15, 0.2) is 5.78 Å². The topological polar surface area (TPSA) is 35.5 Å². The molecule has 1 rings (SSSR count). The molecule has 0 amide bonds. The summed E-state index contributed by atoms with van der Waals surface area (Å²) in [5, 5.41) is 0. The van der Waals surface area contributed by atoms with Gasteiger partial charge in [0.1, 0.15) is 0 Å². The Labute approximate surface area is 117 Å². The number of unbranched alkanes of at least 4 members (excludes halogenated alkanes) is 1. The van der Waals surface area contributed by atoms with Crippen molar-refractivity contribution in [3.8, 4) is 0 Å². The summed E-state index contributed by atoms with van der Waals surface area (Å²) in [5.74, 6) is 0.140. The fraction of sp³-hybridized carbons (Fsp3) is 0.500. The standard InChI is InChI=1S/C14H19BrO3/c1-2-17-18-11-7-6-10-13(15)14(16)12-8-4-3-5-9-12/h3-5,8-9,13H,2,6-7,10-11H2,1H3. The average Bonchev–Trinajstić information content (AvgIpc) is 2.42. The molecule has 1 atom stereocenters. The molecule has 0 fully saturated rings. The molecule has 100 valence electrons. The molecule has 0 aliphatic heterocycles. The lowest BCUT2D eigenvalue weighted by atomic mass is 10.0. The van der Waals surface area contributed by atoms with Crippen LogP contribution < -0.4 is 0 Å². The number of benzene rings is 1. The van der Waals surface area contributed by atoms with Crippen molar-refractivity contribution in [2.24, 2.45) is 0 Å². The van der Waals surface area contributed by atoms with Gasteiger partial charge in [-0.1, -0.05) is 46.3 Å². The number of hydrogen-bond acceptors (Lipinski definition) is 3. The van der Waals surface area contributed by atoms with Crippen LogP contribution in [-0.4, -0.2) is 23.8 Å². The summed E-state index contributed by atoms with van der Waals surface area (Å²) in [6.45, 7) is 3.02. The molecule has 0 aliphatic carbocycles. The minimum Gasteiger partial charge on any atom is -0.293 e. The SMILES string of the molecule is CCOOCCCCC(Br)C(=O)c1ccccc1. The van der Waals surface area contributed by atoms with Crippen molar-refractivity contribution >= 4 is 21.7 Å². The maximum Gasteiger partial charge on any atom is 0.176 e. The molecule has 18 heavy (non-hydrogen) atoms. The molecule has 0 bridgehead atoms. The maximum absolute atomic E-state index is 12.0. The quantitative estimate of drug-likeness (QED) is 0.229. The molecule has 1 aromatic carbocycles. The third-order valence-electron chi connectivity index (χ3n) is 2.48. The summed E-state index contributed by atoms with van der Waals surface area (Å²) >= 11 is 3.44. The Hall–Kier alpha value is -0.710. The monoisotopic (exact) mass is 314 g/mol. The maximum atomic E-state index is 12.0. The Bertz CT molecular complexity index is 340. The highest BCUT2D eigenvalue weighted by atomic mass is 79.9. The smallest absolute Gasteiger partial charge is 0.176 e. The fourth-order valence-corrected chi connectivity index (χ4v) is 2.13. The lowest BCUT2D eigenvalue weighted by molar-refractivity contribution is -0.291. The molecule has 0 aliphatic rings. The summed E-state index contributed by atoms with van der Waals surface area (Å²) in [5.41, 5.74) is 0.755. The van der Waals surface area contributed by atoms with Crippen molar-refractivity contribution in [1.82, 2.24) is 0 Å². The van der Waals surface area contributed by atoms with Gasteiger partial charge in [-0.25, -0.2) is 9.78 Å². The van der Waals surface area contributed by atoms with Crippen molar-refractivity contribution in [2.75, 3.05) is 13.2 Å². The van der Waals surface area contributed by atoms with Gasteiger partial charge in [-0.15, -0.1) is 0 Å². The van der Waals surface area contributed by atoms with Gasteiger partial charge in [0.2, 0.25) is 0 Å². The summed E-state index contributed by atoms with van der Waals surface area (Å²) in [7, 11) is 0. The predicted molar refractivity (Wildman–Crippen MR) is 74.9 cm³/mol. The number of rotatable bonds is 9. The molecule has 0 saturated heterocycles. The van der Waals surface area contributed by atoms with E-state index in [4.69, 9.17) is 9.78 Å². The van der Waals surface area contributed by atoms with Crippen LogP contribution in [-0.2, 0) is 9.78 Å². The van der Waals surface area contributed by atoms with Gasteiger partial charge in [0, 0.05) is 5.56 Å². The summed E-state index contributed by atoms with van der Waals surface area (Å²) < 4.78 is 0. The van der Waals surface area contributed by atoms with Crippen LogP contribution in [0.2, 0.25) is 0 Å². The Morgan fingerprint density at radius 2 is 1.94 bits per heavy atom. The van der Waals surface area contributed by atoms with Crippen LogP contribution in [0.3, 0.4) is 0 Å². The second-order valence-electron chi connectivity index (χ2n) is 3.92. The number of hydrogen-bond donors (Lipinski definition) is 0. The molecule has 0 saturated carbocycles. The van der Waals surface area contributed by atoms with E-state index in [-0.39, 0.29) is 10.6 Å². The van der Waals surface area contributed by atoms with E-state index >= 15 is 0 Å². The summed E-state index contributed by atoms with van der Waals surface area (Å²) in [6.07, 6.45) is 2.63. The predicted octanol–water partition coefficient (Wildman–Crippen LogP) is 3.77. The van der Waals surface area contributed by atoms with Gasteiger partial charge in [-0.3, -0.25) is 4.79 Å². The lowest BCUT2D eigenvalue weighted by Crippen LogP contribution is -2.14. The third kappa shape index (κ3) is 5.76. The first-order chi connectivity index (χ1) is 8.75. The van der Waals surface area contributed by atoms with E-state index in [1.165, 1.54) is 0 Å². The molecule has 3 nitrogen and oxygen atoms in total. The largest absolute Gasteiger partial charge is 0.293 e. The van der Waals surface area contributed by atoms with Crippen LogP contribution >= 0.6 is 15.9 Å². The first-order valence-electron chi connectivity index (χ1n) is 6.23. The number of Topliss-reactive ketones (excluding diaryl/α,β-unsaturated/α-hetero) is 1. The van der Waals surface area contributed by atoms with Crippen molar-refractivity contribution in [2.45, 2.75) is 31.0 Å². The Morgan fingerprint density at radius 3 is 2.61 bits per heavy atom. The van der Waals surface area contributed by atoms with Crippen LogP contribution in [0.5, 0.6) is 0 Å². The molecule has 0 heterocycles. The Balaban J connectivity index is 2.20. The highest BCUT2D eigenvalue weighted by Crippen LogP contribution is 2.16. The molecular formula is C14H19BrO3. The zero-order valence-corrected chi connectivity index (χ0v) is 12.2. The number of ketones is 1. The van der Waals surface area contributed by atoms with Crippen LogP contribution in [0.15, 0.2) is 30.3 Å². The van der Waals surface area contributed by atoms with E-state index in [2.05, 4.69) is 15.9 Å². The average molecular weight is 315 g/mol. The van der Waals surface area contributed by atoms with Gasteiger partial charge in [0.05, 0.1) is 18.0 Å². The highest BCUT2D eigenvalue weighted by molar-refractivity contribution is 9.10. The minimum absolute atomic E-state index is 0.119. The van der Waals surface area contributed by atoms with E-state index in [0.29, 0.717) is 13.2 Å². The second kappa shape index (κ2) is 9.25. The molecule has 0 radical (unpaired) electrons. The van der Waals surface area contributed by atoms with Crippen molar-refractivity contribution in [3.63, 3.8) is 0 Å². The van der Waals surface area contributed by atoms with Crippen molar-refractivity contribution in [1.29, 1.82) is 0 Å². The molecule has 0 aromatic heterocycles. The van der Waals surface area contributed by atoms with E-state index in [1.54, 1.807) is 0 Å². The third-order valence-corrected chi connectivity index (χ3v) is 3.35. The number of carbonyl (C=O) groups excluding carboxylic acids is 1. The molecule has 0 N–H and O–H groups in total. The van der Waals surface area contributed by atoms with E-state index in [0.717, 1.165) is 24.8 Å². The molecule has 1 aromatic rings. The fourth-order valence-electron chi connectivity index (χ4n) is 1.54. The van der Waals surface area contributed by atoms with Crippen LogP contribution in [0, 0.1) is 0 Å². The molecule has 0 spiro atoms. The zero-order chi connectivity index (χ0) is 13.2. The van der Waals surface area contributed by atoms with Crippen molar-refractivity contribution in [3.05, 3.63) is 35.9 Å². The summed E-state index contributed by atoms with van der Waals surface area (Å²) in [4.78, 5) is 21.6. The van der Waals surface area contributed by atoms with Crippen molar-refractivity contribution < 1.29 is 14.6 Å². The van der Waals surface area contributed by atoms with Crippen LogP contribution in [0.25, 0.3) is 0 Å². The second-order valence-corrected chi connectivity index (χ2v) is 5.03. The first kappa shape index (κ1) is 15.3. The minimum atomic E-state index is -0.119. The van der Waals surface area contributed by atoms with Gasteiger partial charge < -0.3 is 0 Å². The molecular weight excluding hydrogens is 296 g/mol. The zero-order valence-electron chi connectivity index (χ0n) is 10.6. The lowest BCUT2D eigenvalue weighted by Gasteiger charge is -2.08. The van der Waals surface area contributed by atoms with Gasteiger partial charge >= 0.3 is 0 Å². The Kier molecular flexibility index (Phi) is 7.89. The first-order valence-corrected chi connectivity index (χ1v) is 7.15. The van der Waals surface area contributed by atoms with E-state index in [1.807, 2.05) is 37.3 Å². The van der Waals surface area contributed by atoms with E-state index < -0.39 is 0 Å². The van der Waals surface area contributed by atoms with E-state index in [9.17, 15) is 4.79 Å². The normalized spacial score (nSPS) is 12.3. The number of alkyl halides is 1. The van der Waals surface area contributed by atoms with Gasteiger partial charge in [-0.05, 0) is 26.2 Å². The Morgan fingerprint density at radius 1 is 1.22 bits per heavy atom. The highest BCUT2D eigenvalue weighted by Gasteiger charge is 2.15. The van der Waals surface area contributed by atoms with Gasteiger partial charge in [0.25, 0.3) is 0 Å².